The highest BCUT2D eigenvalue weighted by Gasteiger charge is 2.06. The number of aromatic nitrogens is 2. The van der Waals surface area contributed by atoms with Gasteiger partial charge >= 0.3 is 0 Å². The quantitative estimate of drug-likeness (QED) is 0.610. The first-order valence-electron chi connectivity index (χ1n) is 3.94. The van der Waals surface area contributed by atoms with Crippen molar-refractivity contribution in [2.75, 3.05) is 11.5 Å². The number of hydrogen-bond donors (Lipinski definition) is 2. The Labute approximate surface area is 87.2 Å². The Morgan fingerprint density at radius 3 is 1.86 bits per heavy atom. The summed E-state index contributed by atoms with van der Waals surface area (Å²) in [4.78, 5) is 8.39. The molecule has 0 spiro atoms. The Bertz CT molecular complexity index is 522. The zero-order valence-electron chi connectivity index (χ0n) is 7.02. The molecule has 0 saturated heterocycles. The minimum Gasteiger partial charge on any atom is -0.375 e. The van der Waals surface area contributed by atoms with Crippen LogP contribution >= 0.6 is 22.7 Å². The first-order chi connectivity index (χ1) is 6.72. The fourth-order valence-corrected chi connectivity index (χ4v) is 2.97. The van der Waals surface area contributed by atoms with E-state index in [0.717, 1.165) is 20.4 Å². The number of hydrogen-bond acceptors (Lipinski definition) is 6. The number of thiazole rings is 2. The van der Waals surface area contributed by atoms with Gasteiger partial charge in [0.05, 0.1) is 20.4 Å². The van der Waals surface area contributed by atoms with Gasteiger partial charge < -0.3 is 11.5 Å². The highest BCUT2D eigenvalue weighted by atomic mass is 32.1. The second kappa shape index (κ2) is 2.55. The summed E-state index contributed by atoms with van der Waals surface area (Å²) in [6.07, 6.45) is 0. The van der Waals surface area contributed by atoms with Crippen molar-refractivity contribution in [1.29, 1.82) is 0 Å². The van der Waals surface area contributed by atoms with Crippen molar-refractivity contribution < 1.29 is 0 Å². The SMILES string of the molecule is Nc1nc2cc3nc(N)sc3cc2s1. The van der Waals surface area contributed by atoms with E-state index in [4.69, 9.17) is 11.5 Å². The largest absolute Gasteiger partial charge is 0.375 e. The molecule has 1 aromatic carbocycles. The van der Waals surface area contributed by atoms with Crippen molar-refractivity contribution >= 4 is 53.4 Å². The standard InChI is InChI=1S/C8H6N4S2/c9-7-11-3-1-4-6(2-5(3)13-7)14-8(10)12-4/h1-2H,(H2,9,11)(H2,10,12). The molecule has 0 saturated carbocycles. The molecule has 0 aliphatic rings. The molecule has 4 nitrogen and oxygen atoms in total. The first-order valence-corrected chi connectivity index (χ1v) is 5.58. The summed E-state index contributed by atoms with van der Waals surface area (Å²) in [5.74, 6) is 0. The number of nitrogen functional groups attached to an aromatic ring is 2. The van der Waals surface area contributed by atoms with Gasteiger partial charge in [0.1, 0.15) is 0 Å². The fraction of sp³-hybridized carbons (Fsp3) is 0. The summed E-state index contributed by atoms with van der Waals surface area (Å²) >= 11 is 2.96. The molecule has 0 bridgehead atoms. The number of nitrogens with zero attached hydrogens (tertiary/aromatic N) is 2. The molecule has 6 heteroatoms. The molecule has 0 atom stereocenters. The molecule has 70 valence electrons. The van der Waals surface area contributed by atoms with Gasteiger partial charge in [-0.2, -0.15) is 0 Å². The van der Waals surface area contributed by atoms with Crippen molar-refractivity contribution in [1.82, 2.24) is 9.97 Å². The molecule has 0 aliphatic carbocycles. The normalized spacial score (nSPS) is 11.4. The van der Waals surface area contributed by atoms with Crippen molar-refractivity contribution in [2.45, 2.75) is 0 Å². The van der Waals surface area contributed by atoms with Gasteiger partial charge in [-0.25, -0.2) is 9.97 Å². The average Bonchev–Trinajstić information content (AvgIpc) is 2.59. The van der Waals surface area contributed by atoms with Crippen molar-refractivity contribution in [3.63, 3.8) is 0 Å². The van der Waals surface area contributed by atoms with Crippen LogP contribution in [0, 0.1) is 0 Å². The van der Waals surface area contributed by atoms with E-state index in [1.807, 2.05) is 12.1 Å². The number of rotatable bonds is 0. The maximum Gasteiger partial charge on any atom is 0.181 e. The summed E-state index contributed by atoms with van der Waals surface area (Å²) in [6.45, 7) is 0. The van der Waals surface area contributed by atoms with E-state index in [9.17, 15) is 0 Å². The summed E-state index contributed by atoms with van der Waals surface area (Å²) in [7, 11) is 0. The molecule has 3 aromatic rings. The van der Waals surface area contributed by atoms with Gasteiger partial charge in [0.2, 0.25) is 0 Å². The van der Waals surface area contributed by atoms with E-state index in [0.29, 0.717) is 10.3 Å². The summed E-state index contributed by atoms with van der Waals surface area (Å²) < 4.78 is 2.16. The van der Waals surface area contributed by atoms with Gasteiger partial charge in [-0.05, 0) is 12.1 Å². The van der Waals surface area contributed by atoms with Crippen LogP contribution in [0.5, 0.6) is 0 Å². The van der Waals surface area contributed by atoms with Gasteiger partial charge in [-0.15, -0.1) is 0 Å². The van der Waals surface area contributed by atoms with Crippen LogP contribution in [0.3, 0.4) is 0 Å². The Kier molecular flexibility index (Phi) is 1.45. The summed E-state index contributed by atoms with van der Waals surface area (Å²) in [5, 5.41) is 1.18. The van der Waals surface area contributed by atoms with E-state index in [1.54, 1.807) is 0 Å². The molecule has 0 fully saturated rings. The van der Waals surface area contributed by atoms with Crippen molar-refractivity contribution in [3.8, 4) is 0 Å². The molecule has 0 unspecified atom stereocenters. The second-order valence-electron chi connectivity index (χ2n) is 2.89. The molecular weight excluding hydrogens is 216 g/mol. The van der Waals surface area contributed by atoms with Crippen LogP contribution in [-0.2, 0) is 0 Å². The lowest BCUT2D eigenvalue weighted by Gasteiger charge is -1.86. The zero-order valence-corrected chi connectivity index (χ0v) is 8.65. The molecule has 2 heterocycles. The van der Waals surface area contributed by atoms with Crippen LogP contribution in [0.15, 0.2) is 12.1 Å². The zero-order chi connectivity index (χ0) is 9.71. The van der Waals surface area contributed by atoms with E-state index in [-0.39, 0.29) is 0 Å². The second-order valence-corrected chi connectivity index (χ2v) is 5.02. The molecular formula is C8H6N4S2. The predicted octanol–water partition coefficient (Wildman–Crippen LogP) is 2.07. The highest BCUT2D eigenvalue weighted by Crippen LogP contribution is 2.31. The number of nitrogens with two attached hydrogens (primary N) is 2. The fourth-order valence-electron chi connectivity index (χ4n) is 1.39. The van der Waals surface area contributed by atoms with Gasteiger partial charge in [0.25, 0.3) is 0 Å². The molecule has 0 amide bonds. The lowest BCUT2D eigenvalue weighted by atomic mass is 10.3. The smallest absolute Gasteiger partial charge is 0.181 e. The van der Waals surface area contributed by atoms with Gasteiger partial charge in [-0.1, -0.05) is 22.7 Å². The van der Waals surface area contributed by atoms with Crippen LogP contribution in [0.25, 0.3) is 20.4 Å². The minimum absolute atomic E-state index is 0.589. The molecule has 3 rings (SSSR count). The number of anilines is 2. The highest BCUT2D eigenvalue weighted by molar-refractivity contribution is 7.24. The Morgan fingerprint density at radius 1 is 0.857 bits per heavy atom. The summed E-state index contributed by atoms with van der Waals surface area (Å²) in [5.41, 5.74) is 13.0. The molecule has 0 aliphatic heterocycles. The Hall–Kier alpha value is -1.40. The van der Waals surface area contributed by atoms with E-state index < -0.39 is 0 Å². The first kappa shape index (κ1) is 7.95. The Morgan fingerprint density at radius 2 is 1.36 bits per heavy atom. The van der Waals surface area contributed by atoms with Gasteiger partial charge in [0.15, 0.2) is 10.3 Å². The molecule has 0 radical (unpaired) electrons. The Balaban J connectivity index is 2.49. The third-order valence-electron chi connectivity index (χ3n) is 1.93. The third kappa shape index (κ3) is 1.04. The van der Waals surface area contributed by atoms with Crippen LogP contribution in [-0.4, -0.2) is 9.97 Å². The van der Waals surface area contributed by atoms with Crippen molar-refractivity contribution in [2.24, 2.45) is 0 Å². The molecule has 14 heavy (non-hydrogen) atoms. The minimum atomic E-state index is 0.589. The van der Waals surface area contributed by atoms with Crippen LogP contribution < -0.4 is 11.5 Å². The summed E-state index contributed by atoms with van der Waals surface area (Å²) in [6, 6.07) is 3.96. The van der Waals surface area contributed by atoms with E-state index in [2.05, 4.69) is 9.97 Å². The third-order valence-corrected chi connectivity index (χ3v) is 3.63. The maximum atomic E-state index is 5.62. The predicted molar refractivity (Wildman–Crippen MR) is 61.6 cm³/mol. The topological polar surface area (TPSA) is 77.8 Å². The van der Waals surface area contributed by atoms with Crippen LogP contribution in [0.1, 0.15) is 0 Å². The van der Waals surface area contributed by atoms with Gasteiger partial charge in [0, 0.05) is 0 Å². The lowest BCUT2D eigenvalue weighted by Crippen LogP contribution is -1.80. The molecule has 2 aromatic heterocycles. The van der Waals surface area contributed by atoms with E-state index in [1.165, 1.54) is 22.7 Å². The van der Waals surface area contributed by atoms with Crippen LogP contribution in [0.2, 0.25) is 0 Å². The average molecular weight is 222 g/mol. The van der Waals surface area contributed by atoms with Crippen LogP contribution in [0.4, 0.5) is 10.3 Å². The van der Waals surface area contributed by atoms with Gasteiger partial charge in [-0.3, -0.25) is 0 Å². The number of benzene rings is 1. The van der Waals surface area contributed by atoms with E-state index >= 15 is 0 Å². The van der Waals surface area contributed by atoms with Crippen molar-refractivity contribution in [3.05, 3.63) is 12.1 Å². The number of fused-ring (bicyclic) bond motifs is 2. The monoisotopic (exact) mass is 222 g/mol. The molecule has 4 N–H and O–H groups in total. The lowest BCUT2D eigenvalue weighted by molar-refractivity contribution is 1.47. The maximum absolute atomic E-state index is 5.62.